The lowest BCUT2D eigenvalue weighted by Gasteiger charge is -2.34. The Morgan fingerprint density at radius 1 is 1.03 bits per heavy atom. The van der Waals surface area contributed by atoms with E-state index in [-0.39, 0.29) is 17.7 Å². The van der Waals surface area contributed by atoms with Crippen molar-refractivity contribution in [3.05, 3.63) is 51.7 Å². The van der Waals surface area contributed by atoms with Crippen LogP contribution >= 0.6 is 11.3 Å². The Labute approximate surface area is 198 Å². The standard InChI is InChI=1S/C25H32FN3O3S/c1-2-32-25(31)23-20-6-4-3-5-7-21(20)33-24(23)27-22(30)17-29-14-12-28(13-15-29)16-18-8-10-19(26)11-9-18/h8-11H,2-7,12-17H2,1H3,(H,27,30). The van der Waals surface area contributed by atoms with Crippen LogP contribution in [0.5, 0.6) is 0 Å². The maximum absolute atomic E-state index is 13.1. The SMILES string of the molecule is CCOC(=O)c1c(NC(=O)CN2CCN(Cc3ccc(F)cc3)CC2)sc2c1CCCCC2. The first-order valence-corrected chi connectivity index (χ1v) is 12.7. The van der Waals surface area contributed by atoms with Crippen LogP contribution in [-0.2, 0) is 28.9 Å². The molecule has 33 heavy (non-hydrogen) atoms. The molecule has 2 aromatic rings. The number of nitrogens with one attached hydrogen (secondary N) is 1. The molecule has 4 rings (SSSR count). The second-order valence-electron chi connectivity index (χ2n) is 8.72. The van der Waals surface area contributed by atoms with E-state index in [0.29, 0.717) is 23.7 Å². The van der Waals surface area contributed by atoms with Crippen molar-refractivity contribution in [1.82, 2.24) is 9.80 Å². The van der Waals surface area contributed by atoms with Gasteiger partial charge in [-0.15, -0.1) is 11.3 Å². The van der Waals surface area contributed by atoms with Crippen LogP contribution in [0.1, 0.15) is 52.5 Å². The quantitative estimate of drug-likeness (QED) is 0.485. The van der Waals surface area contributed by atoms with E-state index in [1.807, 2.05) is 12.1 Å². The monoisotopic (exact) mass is 473 g/mol. The minimum absolute atomic E-state index is 0.0936. The van der Waals surface area contributed by atoms with E-state index in [9.17, 15) is 14.0 Å². The van der Waals surface area contributed by atoms with Crippen molar-refractivity contribution in [2.24, 2.45) is 0 Å². The lowest BCUT2D eigenvalue weighted by molar-refractivity contribution is -0.117. The lowest BCUT2D eigenvalue weighted by atomic mass is 10.1. The van der Waals surface area contributed by atoms with Crippen molar-refractivity contribution in [2.75, 3.05) is 44.6 Å². The number of carbonyl (C=O) groups is 2. The van der Waals surface area contributed by atoms with Gasteiger partial charge in [0.25, 0.3) is 0 Å². The Balaban J connectivity index is 1.33. The molecule has 0 atom stereocenters. The smallest absolute Gasteiger partial charge is 0.341 e. The van der Waals surface area contributed by atoms with Gasteiger partial charge in [0, 0.05) is 37.6 Å². The molecule has 0 unspecified atom stereocenters. The molecule has 1 aliphatic carbocycles. The molecule has 8 heteroatoms. The Hall–Kier alpha value is -2.29. The van der Waals surface area contributed by atoms with E-state index >= 15 is 0 Å². The zero-order chi connectivity index (χ0) is 23.2. The molecule has 1 aliphatic heterocycles. The fourth-order valence-corrected chi connectivity index (χ4v) is 5.87. The number of thiophene rings is 1. The summed E-state index contributed by atoms with van der Waals surface area (Å²) in [6.07, 6.45) is 5.17. The second-order valence-corrected chi connectivity index (χ2v) is 9.82. The summed E-state index contributed by atoms with van der Waals surface area (Å²) in [5.74, 6) is -0.645. The number of fused-ring (bicyclic) bond motifs is 1. The molecule has 1 saturated heterocycles. The Kier molecular flexibility index (Phi) is 8.11. The normalized spacial score (nSPS) is 17.3. The van der Waals surface area contributed by atoms with Gasteiger partial charge < -0.3 is 10.1 Å². The molecule has 0 saturated carbocycles. The number of nitrogens with zero attached hydrogens (tertiary/aromatic N) is 2. The Bertz CT molecular complexity index is 968. The van der Waals surface area contributed by atoms with Crippen molar-refractivity contribution in [2.45, 2.75) is 45.6 Å². The molecule has 1 N–H and O–H groups in total. The Morgan fingerprint density at radius 3 is 2.45 bits per heavy atom. The van der Waals surface area contributed by atoms with Crippen LogP contribution in [0.3, 0.4) is 0 Å². The van der Waals surface area contributed by atoms with Crippen molar-refractivity contribution < 1.29 is 18.7 Å². The van der Waals surface area contributed by atoms with Gasteiger partial charge in [-0.3, -0.25) is 14.6 Å². The predicted molar refractivity (Wildman–Crippen MR) is 128 cm³/mol. The zero-order valence-electron chi connectivity index (χ0n) is 19.2. The van der Waals surface area contributed by atoms with Gasteiger partial charge in [-0.1, -0.05) is 18.6 Å². The number of hydrogen-bond donors (Lipinski definition) is 1. The maximum atomic E-state index is 13.1. The van der Waals surface area contributed by atoms with Gasteiger partial charge in [0.2, 0.25) is 5.91 Å². The number of aryl methyl sites for hydroxylation is 1. The summed E-state index contributed by atoms with van der Waals surface area (Å²) in [7, 11) is 0. The van der Waals surface area contributed by atoms with Crippen LogP contribution in [0.15, 0.2) is 24.3 Å². The van der Waals surface area contributed by atoms with Crippen molar-refractivity contribution in [3.8, 4) is 0 Å². The van der Waals surface area contributed by atoms with Crippen LogP contribution in [0, 0.1) is 5.82 Å². The van der Waals surface area contributed by atoms with Crippen LogP contribution in [-0.4, -0.2) is 61.0 Å². The third kappa shape index (κ3) is 6.19. The van der Waals surface area contributed by atoms with Gasteiger partial charge in [0.1, 0.15) is 10.8 Å². The molecular weight excluding hydrogens is 441 g/mol. The van der Waals surface area contributed by atoms with Gasteiger partial charge >= 0.3 is 5.97 Å². The number of esters is 1. The van der Waals surface area contributed by atoms with Crippen LogP contribution in [0.2, 0.25) is 0 Å². The molecule has 6 nitrogen and oxygen atoms in total. The van der Waals surface area contributed by atoms with Crippen molar-refractivity contribution in [3.63, 3.8) is 0 Å². The van der Waals surface area contributed by atoms with Crippen molar-refractivity contribution >= 4 is 28.2 Å². The van der Waals surface area contributed by atoms with Crippen molar-refractivity contribution in [1.29, 1.82) is 0 Å². The van der Waals surface area contributed by atoms with E-state index in [2.05, 4.69) is 15.1 Å². The first-order chi connectivity index (χ1) is 16.0. The van der Waals surface area contributed by atoms with E-state index in [0.717, 1.165) is 69.5 Å². The number of hydrogen-bond acceptors (Lipinski definition) is 6. The number of halogens is 1. The molecule has 0 spiro atoms. The highest BCUT2D eigenvalue weighted by Gasteiger charge is 2.27. The number of amides is 1. The first kappa shape index (κ1) is 23.9. The number of benzene rings is 1. The van der Waals surface area contributed by atoms with Crippen LogP contribution in [0.25, 0.3) is 0 Å². The summed E-state index contributed by atoms with van der Waals surface area (Å²) < 4.78 is 18.4. The summed E-state index contributed by atoms with van der Waals surface area (Å²) in [6, 6.07) is 6.62. The first-order valence-electron chi connectivity index (χ1n) is 11.8. The number of anilines is 1. The molecular formula is C25H32FN3O3S. The number of ether oxygens (including phenoxy) is 1. The highest BCUT2D eigenvalue weighted by Crippen LogP contribution is 2.38. The van der Waals surface area contributed by atoms with Gasteiger partial charge in [-0.05, 0) is 55.9 Å². The zero-order valence-corrected chi connectivity index (χ0v) is 20.0. The minimum atomic E-state index is -0.332. The van der Waals surface area contributed by atoms with E-state index in [4.69, 9.17) is 4.74 Å². The van der Waals surface area contributed by atoms with Crippen LogP contribution in [0.4, 0.5) is 9.39 Å². The molecule has 2 aliphatic rings. The molecule has 0 radical (unpaired) electrons. The summed E-state index contributed by atoms with van der Waals surface area (Å²) in [5, 5.41) is 3.66. The fraction of sp³-hybridized carbons (Fsp3) is 0.520. The maximum Gasteiger partial charge on any atom is 0.341 e. The minimum Gasteiger partial charge on any atom is -0.462 e. The molecule has 1 amide bonds. The second kappa shape index (κ2) is 11.2. The molecule has 2 heterocycles. The summed E-state index contributed by atoms with van der Waals surface area (Å²) in [4.78, 5) is 31.2. The van der Waals surface area contributed by atoms with E-state index in [1.54, 1.807) is 6.92 Å². The fourth-order valence-electron chi connectivity index (χ4n) is 4.57. The van der Waals surface area contributed by atoms with Gasteiger partial charge in [0.15, 0.2) is 0 Å². The number of carbonyl (C=O) groups excluding carboxylic acids is 2. The van der Waals surface area contributed by atoms with Gasteiger partial charge in [-0.25, -0.2) is 9.18 Å². The third-order valence-electron chi connectivity index (χ3n) is 6.31. The predicted octanol–water partition coefficient (Wildman–Crippen LogP) is 4.09. The molecule has 178 valence electrons. The molecule has 1 aromatic heterocycles. The molecule has 1 fully saturated rings. The van der Waals surface area contributed by atoms with Gasteiger partial charge in [-0.2, -0.15) is 0 Å². The average molecular weight is 474 g/mol. The van der Waals surface area contributed by atoms with Crippen LogP contribution < -0.4 is 5.32 Å². The summed E-state index contributed by atoms with van der Waals surface area (Å²) in [6.45, 7) is 6.49. The Morgan fingerprint density at radius 2 is 1.73 bits per heavy atom. The summed E-state index contributed by atoms with van der Waals surface area (Å²) >= 11 is 1.54. The average Bonchev–Trinajstić information content (AvgIpc) is 2.97. The summed E-state index contributed by atoms with van der Waals surface area (Å²) in [5.41, 5.74) is 2.73. The third-order valence-corrected chi connectivity index (χ3v) is 7.51. The molecule has 1 aromatic carbocycles. The largest absolute Gasteiger partial charge is 0.462 e. The van der Waals surface area contributed by atoms with E-state index in [1.165, 1.54) is 34.8 Å². The molecule has 0 bridgehead atoms. The highest BCUT2D eigenvalue weighted by atomic mass is 32.1. The highest BCUT2D eigenvalue weighted by molar-refractivity contribution is 7.17. The number of piperazine rings is 1. The number of rotatable bonds is 7. The van der Waals surface area contributed by atoms with E-state index < -0.39 is 0 Å². The lowest BCUT2D eigenvalue weighted by Crippen LogP contribution is -2.48. The van der Waals surface area contributed by atoms with Gasteiger partial charge in [0.05, 0.1) is 18.7 Å². The topological polar surface area (TPSA) is 61.9 Å².